The molecule has 0 saturated carbocycles. The van der Waals surface area contributed by atoms with E-state index in [1.165, 1.54) is 19.2 Å². The number of carbonyl (C=O) groups excluding carboxylic acids is 4. The molecule has 1 heterocycles. The third-order valence-corrected chi connectivity index (χ3v) is 4.54. The van der Waals surface area contributed by atoms with Crippen LogP contribution in [0.15, 0.2) is 18.2 Å². The second kappa shape index (κ2) is 10.4. The first-order chi connectivity index (χ1) is 13.9. The Labute approximate surface area is 168 Å². The molecule has 0 fully saturated rings. The largest absolute Gasteiger partial charge is 0.497 e. The number of hydrazine groups is 1. The van der Waals surface area contributed by atoms with Crippen LogP contribution in [0.25, 0.3) is 0 Å². The molecular formula is C19H25N3O7. The van der Waals surface area contributed by atoms with Gasteiger partial charge in [0, 0.05) is 0 Å². The minimum absolute atomic E-state index is 0.204. The van der Waals surface area contributed by atoms with Gasteiger partial charge >= 0.3 is 0 Å². The van der Waals surface area contributed by atoms with Crippen molar-refractivity contribution >= 4 is 24.0 Å². The van der Waals surface area contributed by atoms with E-state index in [0.717, 1.165) is 19.3 Å². The highest BCUT2D eigenvalue weighted by Crippen LogP contribution is 2.31. The summed E-state index contributed by atoms with van der Waals surface area (Å²) in [6.07, 6.45) is 1.74. The summed E-state index contributed by atoms with van der Waals surface area (Å²) in [4.78, 5) is 47.7. The summed E-state index contributed by atoms with van der Waals surface area (Å²) in [5, 5.41) is 9.77. The summed E-state index contributed by atoms with van der Waals surface area (Å²) in [5.74, 6) is -1.98. The highest BCUT2D eigenvalue weighted by Gasteiger charge is 2.38. The standard InChI is InChI=1S/C19H25N3O7/c1-3-4-5-6-12(10-22(27)11-23)18(25)20-21-19(26)17-16(24)14-9-13(28-2)7-8-15(14)29-17/h7-9,11-12,17,27H,3-6,10H2,1-2H3,(H,20,25)(H,21,26)/t12-,17?/m1/s1. The first-order valence-electron chi connectivity index (χ1n) is 9.30. The predicted molar refractivity (Wildman–Crippen MR) is 100 cm³/mol. The molecule has 1 aromatic carbocycles. The van der Waals surface area contributed by atoms with Crippen LogP contribution < -0.4 is 20.3 Å². The number of nitrogens with zero attached hydrogens (tertiary/aromatic N) is 1. The molecule has 10 nitrogen and oxygen atoms in total. The Morgan fingerprint density at radius 1 is 1.34 bits per heavy atom. The molecule has 1 aliphatic rings. The van der Waals surface area contributed by atoms with E-state index in [1.54, 1.807) is 6.07 Å². The molecule has 3 N–H and O–H groups in total. The van der Waals surface area contributed by atoms with E-state index in [0.29, 0.717) is 17.2 Å². The Balaban J connectivity index is 1.94. The molecule has 0 spiro atoms. The Hall–Kier alpha value is -3.14. The van der Waals surface area contributed by atoms with E-state index in [4.69, 9.17) is 9.47 Å². The average molecular weight is 407 g/mol. The summed E-state index contributed by atoms with van der Waals surface area (Å²) in [5.41, 5.74) is 4.63. The zero-order valence-corrected chi connectivity index (χ0v) is 16.3. The number of hydrogen-bond donors (Lipinski definition) is 3. The Morgan fingerprint density at radius 3 is 2.76 bits per heavy atom. The minimum atomic E-state index is -1.43. The summed E-state index contributed by atoms with van der Waals surface area (Å²) < 4.78 is 10.4. The third kappa shape index (κ3) is 5.67. The number of ether oxygens (including phenoxy) is 2. The van der Waals surface area contributed by atoms with Crippen molar-refractivity contribution < 1.29 is 33.9 Å². The molecule has 2 rings (SSSR count). The molecule has 1 unspecified atom stereocenters. The van der Waals surface area contributed by atoms with Gasteiger partial charge in [0.25, 0.3) is 5.91 Å². The molecular weight excluding hydrogens is 382 g/mol. The number of rotatable bonds is 10. The Kier molecular flexibility index (Phi) is 7.96. The van der Waals surface area contributed by atoms with Gasteiger partial charge in [-0.05, 0) is 24.6 Å². The summed E-state index contributed by atoms with van der Waals surface area (Å²) in [6, 6.07) is 4.60. The number of amides is 3. The van der Waals surface area contributed by atoms with Crippen LogP contribution >= 0.6 is 0 Å². The lowest BCUT2D eigenvalue weighted by Gasteiger charge is -2.20. The van der Waals surface area contributed by atoms with E-state index < -0.39 is 29.6 Å². The van der Waals surface area contributed by atoms with Crippen LogP contribution in [-0.4, -0.2) is 54.0 Å². The number of Topliss-reactive ketones (excluding diaryl/α,β-unsaturated/α-hetero) is 1. The van der Waals surface area contributed by atoms with E-state index in [1.807, 2.05) is 6.92 Å². The van der Waals surface area contributed by atoms with E-state index in [9.17, 15) is 24.4 Å². The molecule has 3 amide bonds. The fourth-order valence-electron chi connectivity index (χ4n) is 2.93. The molecule has 10 heteroatoms. The van der Waals surface area contributed by atoms with Gasteiger partial charge in [0.2, 0.25) is 24.2 Å². The topological polar surface area (TPSA) is 134 Å². The average Bonchev–Trinajstić information content (AvgIpc) is 3.06. The normalized spacial score (nSPS) is 15.7. The number of methoxy groups -OCH3 is 1. The fraction of sp³-hybridized carbons (Fsp3) is 0.474. The molecule has 1 aromatic rings. The van der Waals surface area contributed by atoms with Crippen LogP contribution in [0, 0.1) is 5.92 Å². The fourth-order valence-corrected chi connectivity index (χ4v) is 2.93. The van der Waals surface area contributed by atoms with Crippen LogP contribution in [0.3, 0.4) is 0 Å². The van der Waals surface area contributed by atoms with Gasteiger partial charge in [0.15, 0.2) is 0 Å². The molecule has 0 radical (unpaired) electrons. The van der Waals surface area contributed by atoms with Crippen molar-refractivity contribution in [3.8, 4) is 11.5 Å². The quantitative estimate of drug-likeness (QED) is 0.172. The van der Waals surface area contributed by atoms with Gasteiger partial charge in [-0.2, -0.15) is 0 Å². The number of ketones is 1. The molecule has 29 heavy (non-hydrogen) atoms. The van der Waals surface area contributed by atoms with Crippen molar-refractivity contribution in [3.05, 3.63) is 23.8 Å². The maximum absolute atomic E-state index is 12.4. The molecule has 0 aromatic heterocycles. The highest BCUT2D eigenvalue weighted by molar-refractivity contribution is 6.16. The maximum atomic E-state index is 12.4. The van der Waals surface area contributed by atoms with Crippen molar-refractivity contribution in [2.75, 3.05) is 13.7 Å². The first kappa shape index (κ1) is 22.2. The number of carbonyl (C=O) groups is 4. The lowest BCUT2D eigenvalue weighted by molar-refractivity contribution is -0.155. The molecule has 1 aliphatic heterocycles. The lowest BCUT2D eigenvalue weighted by Crippen LogP contribution is -2.51. The van der Waals surface area contributed by atoms with Crippen molar-refractivity contribution in [3.63, 3.8) is 0 Å². The summed E-state index contributed by atoms with van der Waals surface area (Å²) in [7, 11) is 1.46. The van der Waals surface area contributed by atoms with Crippen molar-refractivity contribution in [1.29, 1.82) is 0 Å². The number of hydroxylamine groups is 2. The molecule has 2 atom stereocenters. The van der Waals surface area contributed by atoms with Gasteiger partial charge in [0.05, 0.1) is 25.1 Å². The Morgan fingerprint density at radius 2 is 2.10 bits per heavy atom. The van der Waals surface area contributed by atoms with Crippen LogP contribution in [0.1, 0.15) is 43.0 Å². The van der Waals surface area contributed by atoms with E-state index >= 15 is 0 Å². The van der Waals surface area contributed by atoms with Gasteiger partial charge in [-0.25, -0.2) is 5.06 Å². The van der Waals surface area contributed by atoms with Gasteiger partial charge in [-0.3, -0.25) is 35.2 Å². The highest BCUT2D eigenvalue weighted by atomic mass is 16.5. The van der Waals surface area contributed by atoms with Crippen LogP contribution in [0.5, 0.6) is 11.5 Å². The lowest BCUT2D eigenvalue weighted by atomic mass is 10.0. The number of fused-ring (bicyclic) bond motifs is 1. The smallest absolute Gasteiger partial charge is 0.287 e. The first-order valence-corrected chi connectivity index (χ1v) is 9.30. The molecule has 0 saturated heterocycles. The zero-order valence-electron chi connectivity index (χ0n) is 16.3. The van der Waals surface area contributed by atoms with Crippen molar-refractivity contribution in [1.82, 2.24) is 15.9 Å². The second-order valence-electron chi connectivity index (χ2n) is 6.62. The SMILES string of the molecule is CCCCC[C@H](CN(O)C=O)C(=O)NNC(=O)C1Oc2ccc(OC)cc2C1=O. The maximum Gasteiger partial charge on any atom is 0.287 e. The Bertz CT molecular complexity index is 768. The molecule has 0 bridgehead atoms. The van der Waals surface area contributed by atoms with Gasteiger partial charge in [0.1, 0.15) is 11.5 Å². The third-order valence-electron chi connectivity index (χ3n) is 4.54. The number of hydrogen-bond acceptors (Lipinski definition) is 7. The van der Waals surface area contributed by atoms with Crippen LogP contribution in [0.2, 0.25) is 0 Å². The number of benzene rings is 1. The van der Waals surface area contributed by atoms with Crippen LogP contribution in [0.4, 0.5) is 0 Å². The number of unbranched alkanes of at least 4 members (excludes halogenated alkanes) is 2. The van der Waals surface area contributed by atoms with E-state index in [2.05, 4.69) is 10.9 Å². The van der Waals surface area contributed by atoms with Gasteiger partial charge in [-0.1, -0.05) is 26.2 Å². The number of nitrogens with one attached hydrogen (secondary N) is 2. The van der Waals surface area contributed by atoms with Crippen molar-refractivity contribution in [2.24, 2.45) is 5.92 Å². The zero-order chi connectivity index (χ0) is 21.4. The molecule has 0 aliphatic carbocycles. The molecule has 158 valence electrons. The van der Waals surface area contributed by atoms with Gasteiger partial charge in [-0.15, -0.1) is 0 Å². The minimum Gasteiger partial charge on any atom is -0.497 e. The summed E-state index contributed by atoms with van der Waals surface area (Å²) >= 11 is 0. The monoisotopic (exact) mass is 407 g/mol. The van der Waals surface area contributed by atoms with Crippen molar-refractivity contribution in [2.45, 2.75) is 38.7 Å². The predicted octanol–water partition coefficient (Wildman–Crippen LogP) is 0.830. The summed E-state index contributed by atoms with van der Waals surface area (Å²) in [6.45, 7) is 1.80. The second-order valence-corrected chi connectivity index (χ2v) is 6.62. The van der Waals surface area contributed by atoms with Gasteiger partial charge < -0.3 is 9.47 Å². The van der Waals surface area contributed by atoms with E-state index in [-0.39, 0.29) is 24.3 Å². The van der Waals surface area contributed by atoms with Crippen LogP contribution in [-0.2, 0) is 14.4 Å².